The lowest BCUT2D eigenvalue weighted by atomic mass is 10.1. The van der Waals surface area contributed by atoms with Gasteiger partial charge >= 0.3 is 0 Å². The molecule has 3 aromatic rings. The third kappa shape index (κ3) is 1.44. The Hall–Kier alpha value is -2.43. The monoisotopic (exact) mass is 244 g/mol. The van der Waals surface area contributed by atoms with Gasteiger partial charge in [-0.3, -0.25) is 9.36 Å². The van der Waals surface area contributed by atoms with Crippen LogP contribution >= 0.6 is 0 Å². The number of fused-ring (bicyclic) bond motifs is 1. The number of hydrogen-bond donors (Lipinski definition) is 0. The van der Waals surface area contributed by atoms with Crippen molar-refractivity contribution in [3.63, 3.8) is 0 Å². The summed E-state index contributed by atoms with van der Waals surface area (Å²) >= 11 is 0. The Morgan fingerprint density at radius 1 is 1.33 bits per heavy atom. The van der Waals surface area contributed by atoms with E-state index in [0.29, 0.717) is 16.9 Å². The maximum Gasteiger partial charge on any atom is 0.267 e. The van der Waals surface area contributed by atoms with E-state index in [9.17, 15) is 9.18 Å². The van der Waals surface area contributed by atoms with Gasteiger partial charge in [0.15, 0.2) is 5.82 Å². The van der Waals surface area contributed by atoms with Crippen LogP contribution in [0, 0.1) is 12.7 Å². The Labute approximate surface area is 101 Å². The first-order chi connectivity index (χ1) is 8.68. The summed E-state index contributed by atoms with van der Waals surface area (Å²) in [5.41, 5.74) is 0.240. The highest BCUT2D eigenvalue weighted by Gasteiger charge is 2.13. The Bertz CT molecular complexity index is 776. The molecule has 2 aromatic heterocycles. The Kier molecular flexibility index (Phi) is 2.26. The highest BCUT2D eigenvalue weighted by atomic mass is 19.1. The van der Waals surface area contributed by atoms with Crippen LogP contribution in [0.3, 0.4) is 0 Å². The molecule has 0 saturated carbocycles. The number of halogens is 1. The molecule has 0 atom stereocenters. The van der Waals surface area contributed by atoms with Gasteiger partial charge in [-0.25, -0.2) is 4.39 Å². The number of rotatable bonds is 1. The molecule has 0 saturated heterocycles. The summed E-state index contributed by atoms with van der Waals surface area (Å²) in [5.74, 6) is -0.183. The van der Waals surface area contributed by atoms with E-state index >= 15 is 0 Å². The van der Waals surface area contributed by atoms with Gasteiger partial charge < -0.3 is 4.52 Å². The number of nitrogens with zero attached hydrogens (tertiary/aromatic N) is 2. The molecule has 0 spiro atoms. The first kappa shape index (κ1) is 10.7. The molecule has 4 nitrogen and oxygen atoms in total. The second kappa shape index (κ2) is 3.80. The number of pyridine rings is 1. The predicted molar refractivity (Wildman–Crippen MR) is 64.3 cm³/mol. The molecule has 0 N–H and O–H groups in total. The fourth-order valence-corrected chi connectivity index (χ4v) is 2.05. The second-order valence-corrected chi connectivity index (χ2v) is 3.99. The molecule has 0 aliphatic heterocycles. The highest BCUT2D eigenvalue weighted by Crippen LogP contribution is 2.17. The average Bonchev–Trinajstić information content (AvgIpc) is 2.82. The van der Waals surface area contributed by atoms with Crippen LogP contribution in [0.25, 0.3) is 16.6 Å². The zero-order valence-corrected chi connectivity index (χ0v) is 9.55. The minimum absolute atomic E-state index is 0.0612. The molecular formula is C13H9FN2O2. The smallest absolute Gasteiger partial charge is 0.267 e. The lowest BCUT2D eigenvalue weighted by Gasteiger charge is -2.08. The Morgan fingerprint density at radius 3 is 2.89 bits per heavy atom. The van der Waals surface area contributed by atoms with Crippen molar-refractivity contribution in [1.82, 2.24) is 9.72 Å². The third-order valence-electron chi connectivity index (χ3n) is 2.83. The number of hydrogen-bond acceptors (Lipinski definition) is 3. The minimum atomic E-state index is -0.533. The van der Waals surface area contributed by atoms with Gasteiger partial charge in [-0.1, -0.05) is 17.3 Å². The van der Waals surface area contributed by atoms with Crippen molar-refractivity contribution in [3.8, 4) is 5.82 Å². The van der Waals surface area contributed by atoms with Crippen LogP contribution in [0.4, 0.5) is 4.39 Å². The summed E-state index contributed by atoms with van der Waals surface area (Å²) < 4.78 is 19.8. The lowest BCUT2D eigenvalue weighted by Crippen LogP contribution is -2.21. The number of aryl methyl sites for hydroxylation is 1. The van der Waals surface area contributed by atoms with E-state index in [1.165, 1.54) is 16.9 Å². The molecule has 0 bridgehead atoms. The first-order valence-electron chi connectivity index (χ1n) is 5.40. The molecule has 2 heterocycles. The van der Waals surface area contributed by atoms with Crippen LogP contribution in [-0.4, -0.2) is 9.72 Å². The van der Waals surface area contributed by atoms with Gasteiger partial charge in [0.2, 0.25) is 0 Å². The maximum absolute atomic E-state index is 13.7. The van der Waals surface area contributed by atoms with Crippen molar-refractivity contribution in [3.05, 3.63) is 58.5 Å². The van der Waals surface area contributed by atoms with Crippen molar-refractivity contribution in [1.29, 1.82) is 0 Å². The minimum Gasteiger partial charge on any atom is -0.363 e. The summed E-state index contributed by atoms with van der Waals surface area (Å²) in [6.45, 7) is 1.76. The number of aromatic nitrogens is 2. The molecule has 0 amide bonds. The highest BCUT2D eigenvalue weighted by molar-refractivity contribution is 5.82. The van der Waals surface area contributed by atoms with Gasteiger partial charge in [-0.2, -0.15) is 0 Å². The summed E-state index contributed by atoms with van der Waals surface area (Å²) in [6, 6.07) is 7.86. The molecule has 0 radical (unpaired) electrons. The molecule has 90 valence electrons. The van der Waals surface area contributed by atoms with Crippen LogP contribution in [-0.2, 0) is 0 Å². The summed E-state index contributed by atoms with van der Waals surface area (Å²) in [5, 5.41) is 4.35. The quantitative estimate of drug-likeness (QED) is 0.660. The first-order valence-corrected chi connectivity index (χ1v) is 5.40. The van der Waals surface area contributed by atoms with Crippen molar-refractivity contribution in [2.45, 2.75) is 6.92 Å². The van der Waals surface area contributed by atoms with Gasteiger partial charge in [-0.05, 0) is 24.4 Å². The Balaban J connectivity index is 2.48. The molecule has 5 heteroatoms. The molecule has 0 fully saturated rings. The zero-order chi connectivity index (χ0) is 12.7. The standard InChI is InChI=1S/C13H9FN2O2/c1-8-7-9-3-2-4-10(14)12(9)13(17)16(8)11-5-6-18-15-11/h2-7H,1H3. The molecule has 0 aliphatic rings. The fraction of sp³-hybridized carbons (Fsp3) is 0.0769. The fourth-order valence-electron chi connectivity index (χ4n) is 2.05. The topological polar surface area (TPSA) is 48.0 Å². The largest absolute Gasteiger partial charge is 0.363 e. The lowest BCUT2D eigenvalue weighted by molar-refractivity contribution is 0.416. The van der Waals surface area contributed by atoms with Crippen LogP contribution in [0.2, 0.25) is 0 Å². The Morgan fingerprint density at radius 2 is 2.17 bits per heavy atom. The third-order valence-corrected chi connectivity index (χ3v) is 2.83. The van der Waals surface area contributed by atoms with Crippen molar-refractivity contribution in [2.24, 2.45) is 0 Å². The summed E-state index contributed by atoms with van der Waals surface area (Å²) in [4.78, 5) is 12.3. The molecule has 18 heavy (non-hydrogen) atoms. The van der Waals surface area contributed by atoms with E-state index in [1.807, 2.05) is 0 Å². The van der Waals surface area contributed by atoms with Gasteiger partial charge in [0, 0.05) is 11.8 Å². The van der Waals surface area contributed by atoms with Gasteiger partial charge in [0.1, 0.15) is 12.1 Å². The maximum atomic E-state index is 13.7. The van der Waals surface area contributed by atoms with E-state index in [1.54, 1.807) is 31.2 Å². The van der Waals surface area contributed by atoms with Crippen LogP contribution in [0.15, 0.2) is 45.9 Å². The van der Waals surface area contributed by atoms with E-state index in [4.69, 9.17) is 4.52 Å². The van der Waals surface area contributed by atoms with E-state index in [-0.39, 0.29) is 5.39 Å². The van der Waals surface area contributed by atoms with Gasteiger partial charge in [0.05, 0.1) is 5.39 Å². The van der Waals surface area contributed by atoms with Crippen molar-refractivity contribution >= 4 is 10.8 Å². The molecule has 1 aromatic carbocycles. The van der Waals surface area contributed by atoms with Crippen LogP contribution < -0.4 is 5.56 Å². The van der Waals surface area contributed by atoms with E-state index in [2.05, 4.69) is 5.16 Å². The average molecular weight is 244 g/mol. The molecule has 3 rings (SSSR count). The summed E-state index contributed by atoms with van der Waals surface area (Å²) in [6.07, 6.45) is 1.37. The van der Waals surface area contributed by atoms with Gasteiger partial charge in [0.25, 0.3) is 5.56 Å². The van der Waals surface area contributed by atoms with Gasteiger partial charge in [-0.15, -0.1) is 0 Å². The van der Waals surface area contributed by atoms with Crippen molar-refractivity contribution in [2.75, 3.05) is 0 Å². The van der Waals surface area contributed by atoms with E-state index in [0.717, 1.165) is 0 Å². The van der Waals surface area contributed by atoms with Crippen molar-refractivity contribution < 1.29 is 8.91 Å². The number of benzene rings is 1. The second-order valence-electron chi connectivity index (χ2n) is 3.99. The van der Waals surface area contributed by atoms with E-state index < -0.39 is 11.4 Å². The molecule has 0 aliphatic carbocycles. The summed E-state index contributed by atoms with van der Waals surface area (Å²) in [7, 11) is 0. The molecule has 0 unspecified atom stereocenters. The SMILES string of the molecule is Cc1cc2cccc(F)c2c(=O)n1-c1ccon1. The molecular weight excluding hydrogens is 235 g/mol. The van der Waals surface area contributed by atoms with Crippen LogP contribution in [0.5, 0.6) is 0 Å². The van der Waals surface area contributed by atoms with Crippen LogP contribution in [0.1, 0.15) is 5.69 Å². The predicted octanol–water partition coefficient (Wildman–Crippen LogP) is 2.43. The zero-order valence-electron chi connectivity index (χ0n) is 9.55. The normalized spacial score (nSPS) is 11.0.